The SMILES string of the molecule is O=C(OCc1cnc[nH]1)c1ccccc1O. The maximum Gasteiger partial charge on any atom is 0.342 e. The van der Waals surface area contributed by atoms with Gasteiger partial charge in [-0.25, -0.2) is 9.78 Å². The van der Waals surface area contributed by atoms with Gasteiger partial charge in [0.2, 0.25) is 0 Å². The van der Waals surface area contributed by atoms with Crippen LogP contribution in [0.3, 0.4) is 0 Å². The van der Waals surface area contributed by atoms with Crippen LogP contribution in [0.5, 0.6) is 5.75 Å². The number of benzene rings is 1. The van der Waals surface area contributed by atoms with Crippen LogP contribution in [0.1, 0.15) is 16.1 Å². The zero-order valence-corrected chi connectivity index (χ0v) is 8.38. The largest absolute Gasteiger partial charge is 0.507 e. The van der Waals surface area contributed by atoms with E-state index in [2.05, 4.69) is 9.97 Å². The number of nitrogens with one attached hydrogen (secondary N) is 1. The summed E-state index contributed by atoms with van der Waals surface area (Å²) >= 11 is 0. The van der Waals surface area contributed by atoms with Crippen molar-refractivity contribution < 1.29 is 14.6 Å². The monoisotopic (exact) mass is 218 g/mol. The lowest BCUT2D eigenvalue weighted by Gasteiger charge is -2.04. The molecule has 16 heavy (non-hydrogen) atoms. The summed E-state index contributed by atoms with van der Waals surface area (Å²) in [6.07, 6.45) is 3.07. The maximum atomic E-state index is 11.5. The van der Waals surface area contributed by atoms with Gasteiger partial charge in [0.05, 0.1) is 18.2 Å². The van der Waals surface area contributed by atoms with Gasteiger partial charge in [-0.15, -0.1) is 0 Å². The number of aromatic nitrogens is 2. The van der Waals surface area contributed by atoms with Crippen molar-refractivity contribution in [1.82, 2.24) is 9.97 Å². The number of phenolic OH excluding ortho intramolecular Hbond substituents is 1. The van der Waals surface area contributed by atoms with Gasteiger partial charge in [0, 0.05) is 0 Å². The molecule has 0 aliphatic carbocycles. The summed E-state index contributed by atoms with van der Waals surface area (Å²) in [5, 5.41) is 9.42. The highest BCUT2D eigenvalue weighted by atomic mass is 16.5. The molecule has 0 bridgehead atoms. The number of ether oxygens (including phenoxy) is 1. The van der Waals surface area contributed by atoms with Crippen molar-refractivity contribution in [3.8, 4) is 5.75 Å². The Labute approximate surface area is 91.7 Å². The van der Waals surface area contributed by atoms with E-state index in [4.69, 9.17) is 4.74 Å². The van der Waals surface area contributed by atoms with Gasteiger partial charge in [-0.3, -0.25) is 0 Å². The molecule has 0 saturated heterocycles. The molecule has 0 spiro atoms. The standard InChI is InChI=1S/C11H10N2O3/c14-10-4-2-1-3-9(10)11(15)16-6-8-5-12-7-13-8/h1-5,7,14H,6H2,(H,12,13). The molecule has 1 aromatic heterocycles. The minimum absolute atomic E-state index is 0.0860. The number of phenols is 1. The van der Waals surface area contributed by atoms with Gasteiger partial charge in [0.25, 0.3) is 0 Å². The highest BCUT2D eigenvalue weighted by Gasteiger charge is 2.11. The molecule has 0 radical (unpaired) electrons. The van der Waals surface area contributed by atoms with Crippen LogP contribution in [-0.2, 0) is 11.3 Å². The molecule has 2 rings (SSSR count). The molecule has 0 aliphatic heterocycles. The fourth-order valence-electron chi connectivity index (χ4n) is 1.23. The third-order valence-corrected chi connectivity index (χ3v) is 2.04. The Hall–Kier alpha value is -2.30. The van der Waals surface area contributed by atoms with Gasteiger partial charge in [-0.1, -0.05) is 12.1 Å². The maximum absolute atomic E-state index is 11.5. The topological polar surface area (TPSA) is 75.2 Å². The van der Waals surface area contributed by atoms with Crippen LogP contribution in [-0.4, -0.2) is 21.0 Å². The Morgan fingerprint density at radius 1 is 1.44 bits per heavy atom. The van der Waals surface area contributed by atoms with E-state index in [-0.39, 0.29) is 17.9 Å². The summed E-state index contributed by atoms with van der Waals surface area (Å²) in [6.45, 7) is 0.104. The van der Waals surface area contributed by atoms with Crippen LogP contribution >= 0.6 is 0 Å². The van der Waals surface area contributed by atoms with E-state index >= 15 is 0 Å². The zero-order valence-electron chi connectivity index (χ0n) is 8.38. The molecule has 1 heterocycles. The predicted octanol–water partition coefficient (Wildman–Crippen LogP) is 1.47. The number of aromatic hydroxyl groups is 1. The first kappa shape index (κ1) is 10.2. The normalized spacial score (nSPS) is 10.0. The average molecular weight is 218 g/mol. The zero-order chi connectivity index (χ0) is 11.4. The second-order valence-electron chi connectivity index (χ2n) is 3.17. The number of carbonyl (C=O) groups excluding carboxylic acids is 1. The highest BCUT2D eigenvalue weighted by Crippen LogP contribution is 2.16. The summed E-state index contributed by atoms with van der Waals surface area (Å²) in [7, 11) is 0. The van der Waals surface area contributed by atoms with Crippen molar-refractivity contribution in [1.29, 1.82) is 0 Å². The Morgan fingerprint density at radius 2 is 2.25 bits per heavy atom. The number of hydrogen-bond acceptors (Lipinski definition) is 4. The lowest BCUT2D eigenvalue weighted by atomic mass is 10.2. The number of hydrogen-bond donors (Lipinski definition) is 2. The molecule has 2 aromatic rings. The molecule has 0 aliphatic rings. The van der Waals surface area contributed by atoms with Crippen molar-refractivity contribution in [2.45, 2.75) is 6.61 Å². The van der Waals surface area contributed by atoms with Crippen LogP contribution in [0.15, 0.2) is 36.8 Å². The third kappa shape index (κ3) is 2.20. The first-order valence-corrected chi connectivity index (χ1v) is 4.70. The molecule has 0 amide bonds. The van der Waals surface area contributed by atoms with Gasteiger partial charge in [0.1, 0.15) is 17.9 Å². The van der Waals surface area contributed by atoms with Crippen molar-refractivity contribution >= 4 is 5.97 Å². The number of nitrogens with zero attached hydrogens (tertiary/aromatic N) is 1. The van der Waals surface area contributed by atoms with Gasteiger partial charge in [-0.05, 0) is 12.1 Å². The summed E-state index contributed by atoms with van der Waals surface area (Å²) in [5.74, 6) is -0.648. The van der Waals surface area contributed by atoms with Crippen LogP contribution in [0.4, 0.5) is 0 Å². The van der Waals surface area contributed by atoms with E-state index in [1.165, 1.54) is 18.5 Å². The molecule has 82 valence electrons. The minimum atomic E-state index is -0.562. The molecule has 5 nitrogen and oxygen atoms in total. The minimum Gasteiger partial charge on any atom is -0.507 e. The lowest BCUT2D eigenvalue weighted by molar-refractivity contribution is 0.0465. The molecule has 0 atom stereocenters. The molecular formula is C11H10N2O3. The van der Waals surface area contributed by atoms with Gasteiger partial charge >= 0.3 is 5.97 Å². The van der Waals surface area contributed by atoms with Crippen molar-refractivity contribution in [3.63, 3.8) is 0 Å². The second-order valence-corrected chi connectivity index (χ2v) is 3.17. The molecule has 2 N–H and O–H groups in total. The number of esters is 1. The van der Waals surface area contributed by atoms with Gasteiger partial charge < -0.3 is 14.8 Å². The summed E-state index contributed by atoms with van der Waals surface area (Å²) in [4.78, 5) is 18.1. The van der Waals surface area contributed by atoms with E-state index in [0.717, 1.165) is 0 Å². The first-order chi connectivity index (χ1) is 7.77. The van der Waals surface area contributed by atoms with E-state index < -0.39 is 5.97 Å². The Bertz CT molecular complexity index is 480. The van der Waals surface area contributed by atoms with Crippen LogP contribution in [0.25, 0.3) is 0 Å². The summed E-state index contributed by atoms with van der Waals surface area (Å²) in [6, 6.07) is 6.24. The van der Waals surface area contributed by atoms with Crippen LogP contribution in [0.2, 0.25) is 0 Å². The third-order valence-electron chi connectivity index (χ3n) is 2.04. The number of imidazole rings is 1. The number of carbonyl (C=O) groups is 1. The number of H-pyrrole nitrogens is 1. The Balaban J connectivity index is 2.01. The highest BCUT2D eigenvalue weighted by molar-refractivity contribution is 5.92. The molecule has 1 aromatic carbocycles. The van der Waals surface area contributed by atoms with Crippen molar-refractivity contribution in [2.75, 3.05) is 0 Å². The van der Waals surface area contributed by atoms with E-state index in [9.17, 15) is 9.90 Å². The fraction of sp³-hybridized carbons (Fsp3) is 0.0909. The fourth-order valence-corrected chi connectivity index (χ4v) is 1.23. The van der Waals surface area contributed by atoms with Crippen molar-refractivity contribution in [3.05, 3.63) is 48.0 Å². The van der Waals surface area contributed by atoms with Crippen molar-refractivity contribution in [2.24, 2.45) is 0 Å². The molecule has 0 unspecified atom stereocenters. The predicted molar refractivity (Wildman–Crippen MR) is 55.8 cm³/mol. The van der Waals surface area contributed by atoms with E-state index in [1.807, 2.05) is 0 Å². The quantitative estimate of drug-likeness (QED) is 0.765. The van der Waals surface area contributed by atoms with E-state index in [1.54, 1.807) is 18.3 Å². The molecule has 5 heteroatoms. The summed E-state index contributed by atoms with van der Waals surface area (Å²) < 4.78 is 4.98. The lowest BCUT2D eigenvalue weighted by Crippen LogP contribution is -2.05. The van der Waals surface area contributed by atoms with E-state index in [0.29, 0.717) is 5.69 Å². The Kier molecular flexibility index (Phi) is 2.86. The molecule has 0 fully saturated rings. The smallest absolute Gasteiger partial charge is 0.342 e. The average Bonchev–Trinajstić information content (AvgIpc) is 2.79. The summed E-state index contributed by atoms with van der Waals surface area (Å²) in [5.41, 5.74) is 0.853. The molecular weight excluding hydrogens is 208 g/mol. The van der Waals surface area contributed by atoms with Crippen LogP contribution in [0, 0.1) is 0 Å². The number of rotatable bonds is 3. The van der Waals surface area contributed by atoms with Gasteiger partial charge in [0.15, 0.2) is 0 Å². The Morgan fingerprint density at radius 3 is 2.94 bits per heavy atom. The molecule has 0 saturated carbocycles. The van der Waals surface area contributed by atoms with Crippen LogP contribution < -0.4 is 0 Å². The number of aromatic amines is 1. The number of para-hydroxylation sites is 1. The first-order valence-electron chi connectivity index (χ1n) is 4.70. The van der Waals surface area contributed by atoms with Gasteiger partial charge in [-0.2, -0.15) is 0 Å². The second kappa shape index (κ2) is 4.48.